The highest BCUT2D eigenvalue weighted by Gasteiger charge is 2.17. The van der Waals surface area contributed by atoms with Crippen molar-refractivity contribution in [3.63, 3.8) is 0 Å². The van der Waals surface area contributed by atoms with Crippen LogP contribution in [-0.2, 0) is 9.59 Å². The number of aliphatic carboxylic acids is 2. The van der Waals surface area contributed by atoms with E-state index in [1.165, 1.54) is 11.2 Å². The second-order valence-corrected chi connectivity index (χ2v) is 4.74. The molecule has 1 heterocycles. The van der Waals surface area contributed by atoms with E-state index in [1.807, 2.05) is 12.1 Å². The summed E-state index contributed by atoms with van der Waals surface area (Å²) in [7, 11) is 0. The van der Waals surface area contributed by atoms with Gasteiger partial charge in [-0.25, -0.2) is 9.97 Å². The number of rotatable bonds is 6. The number of hydrogen-bond donors (Lipinski definition) is 2. The molecule has 114 valence electrons. The van der Waals surface area contributed by atoms with Crippen LogP contribution in [0.5, 0.6) is 0 Å². The number of aromatic nitrogens is 2. The molecule has 0 aliphatic carbocycles. The van der Waals surface area contributed by atoms with Gasteiger partial charge in [0.15, 0.2) is 0 Å². The Kier molecular flexibility index (Phi) is 4.67. The Bertz CT molecular complexity index is 672. The molecule has 0 unspecified atom stereocenters. The second-order valence-electron chi connectivity index (χ2n) is 4.74. The van der Waals surface area contributed by atoms with Crippen LogP contribution in [0.25, 0.3) is 11.3 Å². The van der Waals surface area contributed by atoms with Crippen molar-refractivity contribution in [2.45, 2.75) is 6.92 Å². The Morgan fingerprint density at radius 3 is 2.36 bits per heavy atom. The van der Waals surface area contributed by atoms with Crippen molar-refractivity contribution in [1.82, 2.24) is 9.97 Å². The van der Waals surface area contributed by atoms with E-state index in [9.17, 15) is 9.59 Å². The predicted octanol–water partition coefficient (Wildman–Crippen LogP) is 1.43. The van der Waals surface area contributed by atoms with Crippen molar-refractivity contribution in [3.8, 4) is 11.3 Å². The van der Waals surface area contributed by atoms with E-state index in [-0.39, 0.29) is 13.1 Å². The highest BCUT2D eigenvalue weighted by atomic mass is 16.4. The van der Waals surface area contributed by atoms with E-state index in [2.05, 4.69) is 9.97 Å². The van der Waals surface area contributed by atoms with E-state index in [0.29, 0.717) is 11.4 Å². The molecule has 2 aromatic rings. The van der Waals surface area contributed by atoms with Gasteiger partial charge in [-0.1, -0.05) is 12.1 Å². The fourth-order valence-corrected chi connectivity index (χ4v) is 2.12. The topological polar surface area (TPSA) is 104 Å². The summed E-state index contributed by atoms with van der Waals surface area (Å²) in [5.41, 5.74) is 2.80. The molecular weight excluding hydrogens is 286 g/mol. The minimum atomic E-state index is -1.09. The molecule has 0 fully saturated rings. The van der Waals surface area contributed by atoms with Gasteiger partial charge in [0.1, 0.15) is 19.4 Å². The Hall–Kier alpha value is -2.96. The number of benzene rings is 1. The van der Waals surface area contributed by atoms with Gasteiger partial charge >= 0.3 is 11.9 Å². The molecule has 0 atom stereocenters. The maximum absolute atomic E-state index is 11.0. The molecule has 0 saturated carbocycles. The van der Waals surface area contributed by atoms with Crippen molar-refractivity contribution < 1.29 is 19.8 Å². The van der Waals surface area contributed by atoms with Crippen LogP contribution in [0.3, 0.4) is 0 Å². The summed E-state index contributed by atoms with van der Waals surface area (Å²) in [6, 6.07) is 7.13. The van der Waals surface area contributed by atoms with E-state index in [1.54, 1.807) is 25.3 Å². The average Bonchev–Trinajstić information content (AvgIpc) is 2.47. The van der Waals surface area contributed by atoms with E-state index < -0.39 is 11.9 Å². The standard InChI is InChI=1S/C15H15N3O4/c1-10-2-3-11(12-4-5-16-9-17-12)6-13(10)18(7-14(19)20)8-15(21)22/h2-6,9H,7-8H2,1H3,(H,19,20)(H,21,22). The first-order valence-corrected chi connectivity index (χ1v) is 6.53. The zero-order chi connectivity index (χ0) is 16.1. The van der Waals surface area contributed by atoms with Gasteiger partial charge in [0.05, 0.1) is 5.69 Å². The van der Waals surface area contributed by atoms with Crippen molar-refractivity contribution >= 4 is 17.6 Å². The summed E-state index contributed by atoms with van der Waals surface area (Å²) in [4.78, 5) is 31.2. The van der Waals surface area contributed by atoms with Gasteiger partial charge in [-0.2, -0.15) is 0 Å². The van der Waals surface area contributed by atoms with E-state index in [4.69, 9.17) is 10.2 Å². The maximum atomic E-state index is 11.0. The highest BCUT2D eigenvalue weighted by molar-refractivity contribution is 5.81. The lowest BCUT2D eigenvalue weighted by atomic mass is 10.1. The SMILES string of the molecule is Cc1ccc(-c2ccncn2)cc1N(CC(=O)O)CC(=O)O. The molecule has 1 aromatic heterocycles. The van der Waals surface area contributed by atoms with Crippen LogP contribution in [0.15, 0.2) is 36.8 Å². The summed E-state index contributed by atoms with van der Waals surface area (Å²) in [6.07, 6.45) is 3.02. The van der Waals surface area contributed by atoms with E-state index >= 15 is 0 Å². The normalized spacial score (nSPS) is 10.2. The van der Waals surface area contributed by atoms with Gasteiger partial charge in [-0.05, 0) is 24.6 Å². The van der Waals surface area contributed by atoms with Gasteiger partial charge in [-0.15, -0.1) is 0 Å². The van der Waals surface area contributed by atoms with E-state index in [0.717, 1.165) is 11.1 Å². The first kappa shape index (κ1) is 15.4. The number of carbonyl (C=O) groups is 2. The summed E-state index contributed by atoms with van der Waals surface area (Å²) in [6.45, 7) is 1.02. The molecule has 22 heavy (non-hydrogen) atoms. The summed E-state index contributed by atoms with van der Waals surface area (Å²) in [5.74, 6) is -2.18. The Balaban J connectivity index is 2.43. The molecule has 0 saturated heterocycles. The number of hydrogen-bond acceptors (Lipinski definition) is 5. The summed E-state index contributed by atoms with van der Waals surface area (Å²) >= 11 is 0. The zero-order valence-corrected chi connectivity index (χ0v) is 11.9. The van der Waals surface area contributed by atoms with Crippen LogP contribution in [0.2, 0.25) is 0 Å². The number of carboxylic acids is 2. The largest absolute Gasteiger partial charge is 0.480 e. The minimum absolute atomic E-state index is 0.389. The molecule has 2 rings (SSSR count). The molecular formula is C15H15N3O4. The third kappa shape index (κ3) is 3.78. The number of anilines is 1. The third-order valence-electron chi connectivity index (χ3n) is 3.08. The highest BCUT2D eigenvalue weighted by Crippen LogP contribution is 2.26. The second kappa shape index (κ2) is 6.66. The number of carboxylic acid groups (broad SMARTS) is 2. The number of aryl methyl sites for hydroxylation is 1. The van der Waals surface area contributed by atoms with Crippen LogP contribution in [-0.4, -0.2) is 45.2 Å². The average molecular weight is 301 g/mol. The number of nitrogens with zero attached hydrogens (tertiary/aromatic N) is 3. The van der Waals surface area contributed by atoms with Crippen molar-refractivity contribution in [1.29, 1.82) is 0 Å². The van der Waals surface area contributed by atoms with Gasteiger partial charge in [-0.3, -0.25) is 9.59 Å². The molecule has 1 aromatic carbocycles. The van der Waals surface area contributed by atoms with Crippen LogP contribution < -0.4 is 4.90 Å². The molecule has 0 bridgehead atoms. The summed E-state index contributed by atoms with van der Waals surface area (Å²) < 4.78 is 0. The Morgan fingerprint density at radius 1 is 1.14 bits per heavy atom. The van der Waals surface area contributed by atoms with Crippen LogP contribution in [0.1, 0.15) is 5.56 Å². The zero-order valence-electron chi connectivity index (χ0n) is 11.9. The lowest BCUT2D eigenvalue weighted by Crippen LogP contribution is -2.34. The molecule has 0 spiro atoms. The lowest BCUT2D eigenvalue weighted by molar-refractivity contribution is -0.136. The first-order chi connectivity index (χ1) is 10.5. The van der Waals surface area contributed by atoms with Crippen LogP contribution in [0, 0.1) is 6.92 Å². The molecule has 0 amide bonds. The molecule has 2 N–H and O–H groups in total. The van der Waals surface area contributed by atoms with Crippen molar-refractivity contribution in [3.05, 3.63) is 42.4 Å². The van der Waals surface area contributed by atoms with Crippen LogP contribution >= 0.6 is 0 Å². The minimum Gasteiger partial charge on any atom is -0.480 e. The predicted molar refractivity (Wildman–Crippen MR) is 79.7 cm³/mol. The molecule has 0 aliphatic rings. The Morgan fingerprint density at radius 2 is 1.82 bits per heavy atom. The molecule has 7 nitrogen and oxygen atoms in total. The third-order valence-corrected chi connectivity index (χ3v) is 3.08. The van der Waals surface area contributed by atoms with Gasteiger partial charge in [0.25, 0.3) is 0 Å². The van der Waals surface area contributed by atoms with Crippen molar-refractivity contribution in [2.75, 3.05) is 18.0 Å². The molecule has 7 heteroatoms. The quantitative estimate of drug-likeness (QED) is 0.831. The van der Waals surface area contributed by atoms with Gasteiger partial charge in [0, 0.05) is 17.4 Å². The van der Waals surface area contributed by atoms with Gasteiger partial charge in [0.2, 0.25) is 0 Å². The first-order valence-electron chi connectivity index (χ1n) is 6.53. The lowest BCUT2D eigenvalue weighted by Gasteiger charge is -2.23. The summed E-state index contributed by atoms with van der Waals surface area (Å²) in [5, 5.41) is 18.0. The van der Waals surface area contributed by atoms with Gasteiger partial charge < -0.3 is 15.1 Å². The maximum Gasteiger partial charge on any atom is 0.323 e. The molecule has 0 radical (unpaired) electrons. The van der Waals surface area contributed by atoms with Crippen LogP contribution in [0.4, 0.5) is 5.69 Å². The molecule has 0 aliphatic heterocycles. The smallest absolute Gasteiger partial charge is 0.323 e. The fraction of sp³-hybridized carbons (Fsp3) is 0.200. The fourth-order valence-electron chi connectivity index (χ4n) is 2.12. The monoisotopic (exact) mass is 301 g/mol. The Labute approximate surface area is 126 Å². The van der Waals surface area contributed by atoms with Crippen molar-refractivity contribution in [2.24, 2.45) is 0 Å².